The molecule has 2 aromatic carbocycles. The average molecular weight is 415 g/mol. The standard InChI is InChI=1S/C26H27FN4/c1-30(19-14-21-6-3-2-4-7-21)17-5-18-31-20-29-25(22-8-10-24(27)11-9-22)26(31)23-12-15-28-16-13-23/h2-4,6-13,15-16,20H,5,14,17-19H2,1H3. The molecule has 0 unspecified atom stereocenters. The van der Waals surface area contributed by atoms with Gasteiger partial charge >= 0.3 is 0 Å². The SMILES string of the molecule is CN(CCCn1cnc(-c2ccc(F)cc2)c1-c1ccncc1)CCc1ccccc1. The molecule has 2 heterocycles. The minimum absolute atomic E-state index is 0.243. The summed E-state index contributed by atoms with van der Waals surface area (Å²) < 4.78 is 15.6. The van der Waals surface area contributed by atoms with Crippen molar-refractivity contribution < 1.29 is 4.39 Å². The van der Waals surface area contributed by atoms with Crippen molar-refractivity contribution in [3.8, 4) is 22.5 Å². The van der Waals surface area contributed by atoms with Gasteiger partial charge in [0, 0.05) is 36.6 Å². The predicted octanol–water partition coefficient (Wildman–Crippen LogP) is 5.32. The maximum atomic E-state index is 13.4. The number of imidazole rings is 1. The number of hydrogen-bond acceptors (Lipinski definition) is 3. The highest BCUT2D eigenvalue weighted by Gasteiger charge is 2.15. The topological polar surface area (TPSA) is 34.0 Å². The van der Waals surface area contributed by atoms with Crippen LogP contribution in [0.15, 0.2) is 85.5 Å². The number of benzene rings is 2. The summed E-state index contributed by atoms with van der Waals surface area (Å²) in [4.78, 5) is 11.2. The van der Waals surface area contributed by atoms with Gasteiger partial charge in [0.05, 0.1) is 17.7 Å². The van der Waals surface area contributed by atoms with E-state index in [-0.39, 0.29) is 5.82 Å². The van der Waals surface area contributed by atoms with E-state index in [0.717, 1.165) is 55.0 Å². The van der Waals surface area contributed by atoms with Crippen LogP contribution in [0.4, 0.5) is 4.39 Å². The van der Waals surface area contributed by atoms with Crippen LogP contribution < -0.4 is 0 Å². The molecule has 0 aliphatic carbocycles. The Morgan fingerprint density at radius 2 is 1.61 bits per heavy atom. The van der Waals surface area contributed by atoms with E-state index < -0.39 is 0 Å². The summed E-state index contributed by atoms with van der Waals surface area (Å²) in [6.45, 7) is 2.90. The lowest BCUT2D eigenvalue weighted by Crippen LogP contribution is -2.23. The van der Waals surface area contributed by atoms with Gasteiger partial charge in [-0.25, -0.2) is 9.37 Å². The van der Waals surface area contributed by atoms with E-state index in [2.05, 4.69) is 56.8 Å². The molecule has 0 radical (unpaired) electrons. The molecule has 0 aliphatic rings. The van der Waals surface area contributed by atoms with Crippen molar-refractivity contribution in [3.05, 3.63) is 96.8 Å². The van der Waals surface area contributed by atoms with Crippen molar-refractivity contribution in [2.75, 3.05) is 20.1 Å². The summed E-state index contributed by atoms with van der Waals surface area (Å²) in [7, 11) is 2.17. The second-order valence-corrected chi connectivity index (χ2v) is 7.77. The molecule has 4 nitrogen and oxygen atoms in total. The Kier molecular flexibility index (Phi) is 6.85. The maximum absolute atomic E-state index is 13.4. The van der Waals surface area contributed by atoms with Crippen molar-refractivity contribution >= 4 is 0 Å². The van der Waals surface area contributed by atoms with E-state index in [9.17, 15) is 4.39 Å². The molecule has 5 heteroatoms. The van der Waals surface area contributed by atoms with Crippen LogP contribution in [0.1, 0.15) is 12.0 Å². The molecule has 158 valence electrons. The number of nitrogens with zero attached hydrogens (tertiary/aromatic N) is 4. The fourth-order valence-corrected chi connectivity index (χ4v) is 3.77. The minimum Gasteiger partial charge on any atom is -0.330 e. The number of hydrogen-bond donors (Lipinski definition) is 0. The molecular formula is C26H27FN4. The summed E-state index contributed by atoms with van der Waals surface area (Å²) in [5.74, 6) is -0.243. The monoisotopic (exact) mass is 414 g/mol. The van der Waals surface area contributed by atoms with Crippen LogP contribution in [0, 0.1) is 5.82 Å². The molecule has 4 aromatic rings. The zero-order valence-electron chi connectivity index (χ0n) is 17.8. The summed E-state index contributed by atoms with van der Waals surface area (Å²) in [5.41, 5.74) is 5.24. The van der Waals surface area contributed by atoms with Crippen molar-refractivity contribution in [1.82, 2.24) is 19.4 Å². The fourth-order valence-electron chi connectivity index (χ4n) is 3.77. The van der Waals surface area contributed by atoms with E-state index in [1.807, 2.05) is 18.5 Å². The van der Waals surface area contributed by atoms with E-state index in [1.165, 1.54) is 17.7 Å². The highest BCUT2D eigenvalue weighted by molar-refractivity contribution is 5.78. The van der Waals surface area contributed by atoms with Gasteiger partial charge in [0.1, 0.15) is 5.82 Å². The highest BCUT2D eigenvalue weighted by atomic mass is 19.1. The van der Waals surface area contributed by atoms with Crippen LogP contribution in [0.25, 0.3) is 22.5 Å². The van der Waals surface area contributed by atoms with Crippen molar-refractivity contribution in [3.63, 3.8) is 0 Å². The van der Waals surface area contributed by atoms with Gasteiger partial charge in [-0.1, -0.05) is 30.3 Å². The van der Waals surface area contributed by atoms with Crippen LogP contribution in [0.5, 0.6) is 0 Å². The van der Waals surface area contributed by atoms with Crippen LogP contribution in [-0.4, -0.2) is 39.6 Å². The molecule has 2 aromatic heterocycles. The summed E-state index contributed by atoms with van der Waals surface area (Å²) in [6.07, 6.45) is 7.54. The Morgan fingerprint density at radius 3 is 2.35 bits per heavy atom. The zero-order valence-corrected chi connectivity index (χ0v) is 17.8. The van der Waals surface area contributed by atoms with Gasteiger partial charge < -0.3 is 9.47 Å². The van der Waals surface area contributed by atoms with Crippen LogP contribution in [0.2, 0.25) is 0 Å². The molecule has 0 N–H and O–H groups in total. The third kappa shape index (κ3) is 5.44. The number of aromatic nitrogens is 3. The molecule has 31 heavy (non-hydrogen) atoms. The Morgan fingerprint density at radius 1 is 0.871 bits per heavy atom. The van der Waals surface area contributed by atoms with Crippen molar-refractivity contribution in [2.24, 2.45) is 0 Å². The molecule has 0 spiro atoms. The third-order valence-corrected chi connectivity index (χ3v) is 5.47. The first-order valence-electron chi connectivity index (χ1n) is 10.6. The largest absolute Gasteiger partial charge is 0.330 e. The summed E-state index contributed by atoms with van der Waals surface area (Å²) in [5, 5.41) is 0. The Labute approximate surface area is 183 Å². The number of halogens is 1. The Bertz CT molecular complexity index is 1080. The molecule has 0 saturated carbocycles. The van der Waals surface area contributed by atoms with Crippen LogP contribution in [0.3, 0.4) is 0 Å². The van der Waals surface area contributed by atoms with Gasteiger partial charge in [-0.2, -0.15) is 0 Å². The normalized spacial score (nSPS) is 11.2. The van der Waals surface area contributed by atoms with Crippen molar-refractivity contribution in [1.29, 1.82) is 0 Å². The number of likely N-dealkylation sites (N-methyl/N-ethyl adjacent to an activating group) is 1. The molecule has 0 amide bonds. The number of rotatable bonds is 9. The minimum atomic E-state index is -0.243. The first-order valence-corrected chi connectivity index (χ1v) is 10.6. The average Bonchev–Trinajstić information content (AvgIpc) is 3.23. The van der Waals surface area contributed by atoms with E-state index in [4.69, 9.17) is 0 Å². The predicted molar refractivity (Wildman–Crippen MR) is 123 cm³/mol. The number of aryl methyl sites for hydroxylation is 1. The molecule has 0 fully saturated rings. The van der Waals surface area contributed by atoms with E-state index >= 15 is 0 Å². The van der Waals surface area contributed by atoms with Crippen LogP contribution >= 0.6 is 0 Å². The first-order chi connectivity index (χ1) is 15.2. The molecule has 0 aliphatic heterocycles. The van der Waals surface area contributed by atoms with Gasteiger partial charge in [0.15, 0.2) is 0 Å². The van der Waals surface area contributed by atoms with E-state index in [1.54, 1.807) is 24.5 Å². The zero-order chi connectivity index (χ0) is 21.5. The van der Waals surface area contributed by atoms with Gasteiger partial charge in [0.25, 0.3) is 0 Å². The molecular weight excluding hydrogens is 387 g/mol. The van der Waals surface area contributed by atoms with Gasteiger partial charge in [-0.15, -0.1) is 0 Å². The second kappa shape index (κ2) is 10.1. The lowest BCUT2D eigenvalue weighted by molar-refractivity contribution is 0.325. The summed E-state index contributed by atoms with van der Waals surface area (Å²) >= 11 is 0. The third-order valence-electron chi connectivity index (χ3n) is 5.47. The smallest absolute Gasteiger partial charge is 0.123 e. The van der Waals surface area contributed by atoms with Crippen LogP contribution in [-0.2, 0) is 13.0 Å². The lowest BCUT2D eigenvalue weighted by atomic mass is 10.1. The highest BCUT2D eigenvalue weighted by Crippen LogP contribution is 2.31. The van der Waals surface area contributed by atoms with Gasteiger partial charge in [-0.3, -0.25) is 4.98 Å². The first kappa shape index (κ1) is 20.9. The lowest BCUT2D eigenvalue weighted by Gasteiger charge is -2.17. The summed E-state index contributed by atoms with van der Waals surface area (Å²) in [6, 6.07) is 21.1. The second-order valence-electron chi connectivity index (χ2n) is 7.77. The molecule has 4 rings (SSSR count). The Balaban J connectivity index is 1.45. The fraction of sp³-hybridized carbons (Fsp3) is 0.231. The maximum Gasteiger partial charge on any atom is 0.123 e. The number of pyridine rings is 1. The molecule has 0 saturated heterocycles. The molecule has 0 atom stereocenters. The van der Waals surface area contributed by atoms with E-state index in [0.29, 0.717) is 0 Å². The van der Waals surface area contributed by atoms with Crippen molar-refractivity contribution in [2.45, 2.75) is 19.4 Å². The Hall–Kier alpha value is -3.31. The van der Waals surface area contributed by atoms with Gasteiger partial charge in [0.2, 0.25) is 0 Å². The molecule has 0 bridgehead atoms. The quantitative estimate of drug-likeness (QED) is 0.372. The van der Waals surface area contributed by atoms with Gasteiger partial charge in [-0.05, 0) is 68.4 Å².